The summed E-state index contributed by atoms with van der Waals surface area (Å²) in [5.74, 6) is 0.0423. The molecule has 0 unspecified atom stereocenters. The van der Waals surface area contributed by atoms with Crippen molar-refractivity contribution in [2.45, 2.75) is 20.3 Å². The van der Waals surface area contributed by atoms with E-state index >= 15 is 0 Å². The van der Waals surface area contributed by atoms with Crippen LogP contribution >= 0.6 is 0 Å². The summed E-state index contributed by atoms with van der Waals surface area (Å²) in [5, 5.41) is 0. The summed E-state index contributed by atoms with van der Waals surface area (Å²) in [6, 6.07) is 9.35. The standard InChI is InChI=1S/C11H12O3.C7H12O2/c1-2-11(12)14-9-8-13-10-6-4-3-5-7-10;1-4-5-9-7(8)6(2)3/h2-7H,1,8-9H2;2,4-5H2,1,3H3. The molecular formula is C18H24O5. The molecule has 1 aromatic carbocycles. The van der Waals surface area contributed by atoms with Gasteiger partial charge in [0.1, 0.15) is 19.0 Å². The van der Waals surface area contributed by atoms with E-state index in [1.165, 1.54) is 0 Å². The fraction of sp³-hybridized carbons (Fsp3) is 0.333. The Balaban J connectivity index is 0.000000468. The fourth-order valence-corrected chi connectivity index (χ4v) is 1.20. The molecule has 0 aliphatic heterocycles. The molecule has 1 aromatic rings. The van der Waals surface area contributed by atoms with Crippen LogP contribution in [0.3, 0.4) is 0 Å². The molecule has 23 heavy (non-hydrogen) atoms. The van der Waals surface area contributed by atoms with Crippen LogP contribution in [0.15, 0.2) is 55.1 Å². The number of rotatable bonds is 8. The topological polar surface area (TPSA) is 61.8 Å². The molecule has 0 radical (unpaired) electrons. The average Bonchev–Trinajstić information content (AvgIpc) is 2.57. The van der Waals surface area contributed by atoms with Crippen LogP contribution < -0.4 is 4.74 Å². The van der Waals surface area contributed by atoms with E-state index in [0.717, 1.165) is 18.2 Å². The molecule has 5 nitrogen and oxygen atoms in total. The van der Waals surface area contributed by atoms with Gasteiger partial charge in [0.15, 0.2) is 0 Å². The van der Waals surface area contributed by atoms with Crippen molar-refractivity contribution >= 4 is 11.9 Å². The summed E-state index contributed by atoms with van der Waals surface area (Å²) in [6.45, 7) is 11.4. The lowest BCUT2D eigenvalue weighted by Crippen LogP contribution is -2.09. The third kappa shape index (κ3) is 11.7. The van der Waals surface area contributed by atoms with Gasteiger partial charge in [0.05, 0.1) is 6.61 Å². The van der Waals surface area contributed by atoms with Crippen molar-refractivity contribution in [3.05, 3.63) is 55.1 Å². The molecule has 0 saturated carbocycles. The normalized spacial score (nSPS) is 8.96. The maximum Gasteiger partial charge on any atom is 0.333 e. The molecule has 0 aliphatic carbocycles. The minimum atomic E-state index is -0.429. The largest absolute Gasteiger partial charge is 0.490 e. The molecular weight excluding hydrogens is 296 g/mol. The molecule has 0 bridgehead atoms. The van der Waals surface area contributed by atoms with Gasteiger partial charge in [0.2, 0.25) is 0 Å². The Morgan fingerprint density at radius 2 is 1.74 bits per heavy atom. The molecule has 1 rings (SSSR count). The number of ether oxygens (including phenoxy) is 3. The van der Waals surface area contributed by atoms with Gasteiger partial charge in [0.25, 0.3) is 0 Å². The zero-order valence-corrected chi connectivity index (χ0v) is 13.7. The Bertz CT molecular complexity index is 493. The second kappa shape index (κ2) is 13.1. The van der Waals surface area contributed by atoms with Gasteiger partial charge in [0, 0.05) is 11.6 Å². The quantitative estimate of drug-likeness (QED) is 0.418. The zero-order chi connectivity index (χ0) is 17.5. The lowest BCUT2D eigenvalue weighted by molar-refractivity contribution is -0.139. The number of para-hydroxylation sites is 1. The van der Waals surface area contributed by atoms with Crippen molar-refractivity contribution in [1.29, 1.82) is 0 Å². The maximum atomic E-state index is 10.6. The van der Waals surface area contributed by atoms with Crippen LogP contribution in [0.1, 0.15) is 20.3 Å². The third-order valence-corrected chi connectivity index (χ3v) is 2.29. The molecule has 0 amide bonds. The number of hydrogen-bond acceptors (Lipinski definition) is 5. The first-order valence-corrected chi connectivity index (χ1v) is 7.30. The summed E-state index contributed by atoms with van der Waals surface area (Å²) in [7, 11) is 0. The van der Waals surface area contributed by atoms with Gasteiger partial charge in [-0.2, -0.15) is 0 Å². The molecule has 5 heteroatoms. The van der Waals surface area contributed by atoms with Gasteiger partial charge in [-0.05, 0) is 25.5 Å². The molecule has 0 fully saturated rings. The van der Waals surface area contributed by atoms with Crippen molar-refractivity contribution in [3.63, 3.8) is 0 Å². The molecule has 126 valence electrons. The van der Waals surface area contributed by atoms with Crippen LogP contribution in [0.25, 0.3) is 0 Å². The van der Waals surface area contributed by atoms with E-state index in [2.05, 4.69) is 13.2 Å². The van der Waals surface area contributed by atoms with Gasteiger partial charge in [-0.1, -0.05) is 38.3 Å². The number of benzene rings is 1. The highest BCUT2D eigenvalue weighted by Crippen LogP contribution is 2.07. The zero-order valence-electron chi connectivity index (χ0n) is 13.7. The summed E-state index contributed by atoms with van der Waals surface area (Å²) in [4.78, 5) is 21.2. The van der Waals surface area contributed by atoms with Crippen LogP contribution in [0.4, 0.5) is 0 Å². The first-order valence-electron chi connectivity index (χ1n) is 7.30. The average molecular weight is 320 g/mol. The molecule has 0 atom stereocenters. The Labute approximate surface area is 137 Å². The summed E-state index contributed by atoms with van der Waals surface area (Å²) in [5.41, 5.74) is 0.462. The van der Waals surface area contributed by atoms with Crippen LogP contribution in [0, 0.1) is 0 Å². The Kier molecular flexibility index (Phi) is 11.7. The Hall–Kier alpha value is -2.56. The van der Waals surface area contributed by atoms with E-state index in [4.69, 9.17) is 14.2 Å². The Morgan fingerprint density at radius 3 is 2.26 bits per heavy atom. The molecule has 0 saturated heterocycles. The molecule has 0 N–H and O–H groups in total. The van der Waals surface area contributed by atoms with E-state index in [-0.39, 0.29) is 12.6 Å². The van der Waals surface area contributed by atoms with Crippen molar-refractivity contribution in [1.82, 2.24) is 0 Å². The van der Waals surface area contributed by atoms with Crippen LogP contribution in [-0.2, 0) is 19.1 Å². The van der Waals surface area contributed by atoms with Crippen molar-refractivity contribution < 1.29 is 23.8 Å². The van der Waals surface area contributed by atoms with Gasteiger partial charge in [-0.15, -0.1) is 0 Å². The summed E-state index contributed by atoms with van der Waals surface area (Å²) < 4.78 is 14.7. The first-order chi connectivity index (χ1) is 11.0. The van der Waals surface area contributed by atoms with Crippen molar-refractivity contribution in [2.75, 3.05) is 19.8 Å². The number of esters is 2. The highest BCUT2D eigenvalue weighted by atomic mass is 16.6. The van der Waals surface area contributed by atoms with E-state index in [1.54, 1.807) is 6.92 Å². The first kappa shape index (κ1) is 20.4. The minimum absolute atomic E-state index is 0.236. The lowest BCUT2D eigenvalue weighted by atomic mass is 10.3. The maximum absolute atomic E-state index is 10.6. The van der Waals surface area contributed by atoms with E-state index in [0.29, 0.717) is 18.8 Å². The van der Waals surface area contributed by atoms with E-state index < -0.39 is 5.97 Å². The second-order valence-electron chi connectivity index (χ2n) is 4.45. The van der Waals surface area contributed by atoms with E-state index in [1.807, 2.05) is 37.3 Å². The number of hydrogen-bond donors (Lipinski definition) is 0. The van der Waals surface area contributed by atoms with Gasteiger partial charge < -0.3 is 14.2 Å². The lowest BCUT2D eigenvalue weighted by Gasteiger charge is -2.05. The molecule has 0 spiro atoms. The highest BCUT2D eigenvalue weighted by molar-refractivity contribution is 5.86. The molecule has 0 aliphatic rings. The smallest absolute Gasteiger partial charge is 0.333 e. The number of carbonyl (C=O) groups excluding carboxylic acids is 2. The predicted molar refractivity (Wildman–Crippen MR) is 89.2 cm³/mol. The predicted octanol–water partition coefficient (Wildman–Crippen LogP) is 3.31. The van der Waals surface area contributed by atoms with Crippen LogP contribution in [0.5, 0.6) is 5.75 Å². The van der Waals surface area contributed by atoms with Crippen LogP contribution in [0.2, 0.25) is 0 Å². The van der Waals surface area contributed by atoms with Gasteiger partial charge >= 0.3 is 11.9 Å². The van der Waals surface area contributed by atoms with Crippen molar-refractivity contribution in [3.8, 4) is 5.75 Å². The minimum Gasteiger partial charge on any atom is -0.490 e. The second-order valence-corrected chi connectivity index (χ2v) is 4.45. The SMILES string of the molecule is C=C(C)C(=O)OCCC.C=CC(=O)OCCOc1ccccc1. The highest BCUT2D eigenvalue weighted by Gasteiger charge is 1.99. The monoisotopic (exact) mass is 320 g/mol. The summed E-state index contributed by atoms with van der Waals surface area (Å²) >= 11 is 0. The molecule has 0 heterocycles. The number of carbonyl (C=O) groups is 2. The Morgan fingerprint density at radius 1 is 1.09 bits per heavy atom. The van der Waals surface area contributed by atoms with Gasteiger partial charge in [-0.25, -0.2) is 9.59 Å². The van der Waals surface area contributed by atoms with E-state index in [9.17, 15) is 9.59 Å². The van der Waals surface area contributed by atoms with Crippen molar-refractivity contribution in [2.24, 2.45) is 0 Å². The van der Waals surface area contributed by atoms with Gasteiger partial charge in [-0.3, -0.25) is 0 Å². The third-order valence-electron chi connectivity index (χ3n) is 2.29. The fourth-order valence-electron chi connectivity index (χ4n) is 1.20. The summed E-state index contributed by atoms with van der Waals surface area (Å²) in [6.07, 6.45) is 1.99. The molecule has 0 aromatic heterocycles. The van der Waals surface area contributed by atoms with Crippen LogP contribution in [-0.4, -0.2) is 31.8 Å².